The number of nitrogens with two attached hydrogens (primary N) is 1. The van der Waals surface area contributed by atoms with Crippen LogP contribution in [0.3, 0.4) is 0 Å². The smallest absolute Gasteiger partial charge is 0.253 e. The Balaban J connectivity index is 2.00. The van der Waals surface area contributed by atoms with Gasteiger partial charge >= 0.3 is 0 Å². The van der Waals surface area contributed by atoms with Crippen molar-refractivity contribution < 1.29 is 9.53 Å². The summed E-state index contributed by atoms with van der Waals surface area (Å²) in [5.41, 5.74) is 7.16. The van der Waals surface area contributed by atoms with Gasteiger partial charge in [0.25, 0.3) is 5.91 Å². The summed E-state index contributed by atoms with van der Waals surface area (Å²) in [7, 11) is 1.58. The molecule has 0 aliphatic heterocycles. The quantitative estimate of drug-likeness (QED) is 0.785. The van der Waals surface area contributed by atoms with Gasteiger partial charge in [0.15, 0.2) is 0 Å². The van der Waals surface area contributed by atoms with Crippen LogP contribution in [0.1, 0.15) is 36.5 Å². The van der Waals surface area contributed by atoms with Gasteiger partial charge < -0.3 is 15.8 Å². The van der Waals surface area contributed by atoms with Crippen molar-refractivity contribution in [2.24, 2.45) is 5.41 Å². The highest BCUT2D eigenvalue weighted by Crippen LogP contribution is 2.47. The maximum atomic E-state index is 12.0. The van der Waals surface area contributed by atoms with Gasteiger partial charge in [-0.3, -0.25) is 4.79 Å². The van der Waals surface area contributed by atoms with E-state index in [1.165, 1.54) is 12.8 Å². The van der Waals surface area contributed by atoms with Gasteiger partial charge in [0.05, 0.1) is 12.7 Å². The molecule has 1 aromatic carbocycles. The summed E-state index contributed by atoms with van der Waals surface area (Å²) in [6, 6.07) is 5.12. The Morgan fingerprint density at radius 2 is 2.22 bits per heavy atom. The van der Waals surface area contributed by atoms with E-state index in [0.29, 0.717) is 22.4 Å². The summed E-state index contributed by atoms with van der Waals surface area (Å²) in [6.45, 7) is 2.91. The average molecular weight is 248 g/mol. The first-order chi connectivity index (χ1) is 8.60. The molecule has 1 amide bonds. The van der Waals surface area contributed by atoms with Crippen molar-refractivity contribution in [1.82, 2.24) is 5.32 Å². The highest BCUT2D eigenvalue weighted by Gasteiger charge is 2.40. The highest BCUT2D eigenvalue weighted by molar-refractivity contribution is 5.99. The Hall–Kier alpha value is -1.71. The van der Waals surface area contributed by atoms with Crippen molar-refractivity contribution in [2.45, 2.75) is 26.2 Å². The van der Waals surface area contributed by atoms with Crippen LogP contribution in [0.5, 0.6) is 5.75 Å². The van der Waals surface area contributed by atoms with Gasteiger partial charge in [0.1, 0.15) is 5.75 Å². The van der Waals surface area contributed by atoms with E-state index in [0.717, 1.165) is 13.0 Å². The number of anilines is 1. The van der Waals surface area contributed by atoms with Crippen molar-refractivity contribution in [3.63, 3.8) is 0 Å². The molecule has 2 rings (SSSR count). The molecule has 0 bridgehead atoms. The first-order valence-electron chi connectivity index (χ1n) is 6.32. The maximum absolute atomic E-state index is 12.0. The fraction of sp³-hybridized carbons (Fsp3) is 0.500. The standard InChI is InChI=1S/C14H20N2O2/c1-3-14(6-7-14)9-16-13(17)11-5-4-10(18-2)8-12(11)15/h4-5,8H,3,6-7,9,15H2,1-2H3,(H,16,17). The minimum Gasteiger partial charge on any atom is -0.497 e. The zero-order valence-electron chi connectivity index (χ0n) is 11.0. The normalized spacial score (nSPS) is 16.1. The summed E-state index contributed by atoms with van der Waals surface area (Å²) in [6.07, 6.45) is 3.54. The third-order valence-corrected chi connectivity index (χ3v) is 3.83. The lowest BCUT2D eigenvalue weighted by Gasteiger charge is -2.14. The summed E-state index contributed by atoms with van der Waals surface area (Å²) in [4.78, 5) is 12.0. The summed E-state index contributed by atoms with van der Waals surface area (Å²) >= 11 is 0. The third kappa shape index (κ3) is 2.58. The molecule has 4 heteroatoms. The molecular formula is C14H20N2O2. The van der Waals surface area contributed by atoms with Crippen molar-refractivity contribution >= 4 is 11.6 Å². The van der Waals surface area contributed by atoms with Crippen molar-refractivity contribution in [3.05, 3.63) is 23.8 Å². The van der Waals surface area contributed by atoms with Crippen LogP contribution in [-0.4, -0.2) is 19.6 Å². The van der Waals surface area contributed by atoms with E-state index in [4.69, 9.17) is 10.5 Å². The number of nitrogens with one attached hydrogen (secondary N) is 1. The van der Waals surface area contributed by atoms with Crippen LogP contribution in [0, 0.1) is 5.41 Å². The minimum absolute atomic E-state index is 0.102. The molecule has 0 unspecified atom stereocenters. The van der Waals surface area contributed by atoms with Gasteiger partial charge in [-0.2, -0.15) is 0 Å². The molecule has 0 radical (unpaired) electrons. The van der Waals surface area contributed by atoms with Crippen molar-refractivity contribution in [3.8, 4) is 5.75 Å². The lowest BCUT2D eigenvalue weighted by molar-refractivity contribution is 0.0945. The molecule has 0 spiro atoms. The zero-order chi connectivity index (χ0) is 13.2. The summed E-state index contributed by atoms with van der Waals surface area (Å²) < 4.78 is 5.06. The number of hydrogen-bond acceptors (Lipinski definition) is 3. The summed E-state index contributed by atoms with van der Waals surface area (Å²) in [5.74, 6) is 0.561. The highest BCUT2D eigenvalue weighted by atomic mass is 16.5. The molecule has 3 N–H and O–H groups in total. The Morgan fingerprint density at radius 3 is 2.72 bits per heavy atom. The predicted molar refractivity (Wildman–Crippen MR) is 71.7 cm³/mol. The number of hydrogen-bond donors (Lipinski definition) is 2. The van der Waals surface area contributed by atoms with E-state index in [2.05, 4.69) is 12.2 Å². The molecule has 18 heavy (non-hydrogen) atoms. The first kappa shape index (κ1) is 12.7. The second kappa shape index (κ2) is 4.88. The number of carbonyl (C=O) groups excluding carboxylic acids is 1. The second-order valence-electron chi connectivity index (χ2n) is 4.99. The molecule has 1 fully saturated rings. The molecule has 1 aromatic rings. The molecule has 1 aliphatic carbocycles. The number of benzene rings is 1. The molecule has 1 saturated carbocycles. The van der Waals surface area contributed by atoms with E-state index in [1.54, 1.807) is 25.3 Å². The first-order valence-corrected chi connectivity index (χ1v) is 6.32. The molecule has 98 valence electrons. The van der Waals surface area contributed by atoms with Crippen LogP contribution in [0.25, 0.3) is 0 Å². The monoisotopic (exact) mass is 248 g/mol. The predicted octanol–water partition coefficient (Wildman–Crippen LogP) is 2.20. The van der Waals surface area contributed by atoms with Crippen LogP contribution >= 0.6 is 0 Å². The molecular weight excluding hydrogens is 228 g/mol. The number of methoxy groups -OCH3 is 1. The number of ether oxygens (including phenoxy) is 1. The molecule has 1 aliphatic rings. The van der Waals surface area contributed by atoms with E-state index in [9.17, 15) is 4.79 Å². The average Bonchev–Trinajstić information content (AvgIpc) is 3.16. The van der Waals surface area contributed by atoms with Gasteiger partial charge in [-0.25, -0.2) is 0 Å². The molecule has 0 aromatic heterocycles. The Bertz CT molecular complexity index is 453. The van der Waals surface area contributed by atoms with E-state index in [-0.39, 0.29) is 5.91 Å². The Kier molecular flexibility index (Phi) is 3.45. The maximum Gasteiger partial charge on any atom is 0.253 e. The van der Waals surface area contributed by atoms with Gasteiger partial charge in [-0.15, -0.1) is 0 Å². The summed E-state index contributed by atoms with van der Waals surface area (Å²) in [5, 5.41) is 2.97. The van der Waals surface area contributed by atoms with Crippen LogP contribution in [-0.2, 0) is 0 Å². The molecule has 0 atom stereocenters. The number of rotatable bonds is 5. The largest absolute Gasteiger partial charge is 0.497 e. The van der Waals surface area contributed by atoms with Gasteiger partial charge in [0, 0.05) is 18.3 Å². The van der Waals surface area contributed by atoms with Crippen LogP contribution in [0.2, 0.25) is 0 Å². The number of carbonyl (C=O) groups is 1. The molecule has 0 saturated heterocycles. The van der Waals surface area contributed by atoms with E-state index < -0.39 is 0 Å². The molecule has 4 nitrogen and oxygen atoms in total. The Labute approximate surface area is 108 Å². The zero-order valence-corrected chi connectivity index (χ0v) is 11.0. The van der Waals surface area contributed by atoms with Gasteiger partial charge in [0.2, 0.25) is 0 Å². The SMILES string of the molecule is CCC1(CNC(=O)c2ccc(OC)cc2N)CC1. The fourth-order valence-electron chi connectivity index (χ4n) is 2.07. The van der Waals surface area contributed by atoms with Gasteiger partial charge in [-0.1, -0.05) is 6.92 Å². The topological polar surface area (TPSA) is 64.3 Å². The molecule has 0 heterocycles. The lowest BCUT2D eigenvalue weighted by atomic mass is 10.0. The third-order valence-electron chi connectivity index (χ3n) is 3.83. The fourth-order valence-corrected chi connectivity index (χ4v) is 2.07. The minimum atomic E-state index is -0.102. The number of amides is 1. The van der Waals surface area contributed by atoms with Crippen molar-refractivity contribution in [2.75, 3.05) is 19.4 Å². The van der Waals surface area contributed by atoms with Crippen LogP contribution in [0.15, 0.2) is 18.2 Å². The second-order valence-corrected chi connectivity index (χ2v) is 4.99. The Morgan fingerprint density at radius 1 is 1.50 bits per heavy atom. The van der Waals surface area contributed by atoms with E-state index >= 15 is 0 Å². The lowest BCUT2D eigenvalue weighted by Crippen LogP contribution is -2.30. The van der Waals surface area contributed by atoms with E-state index in [1.807, 2.05) is 0 Å². The number of nitrogen functional groups attached to an aromatic ring is 1. The van der Waals surface area contributed by atoms with Crippen LogP contribution in [0.4, 0.5) is 5.69 Å². The van der Waals surface area contributed by atoms with Gasteiger partial charge in [-0.05, 0) is 36.8 Å². The van der Waals surface area contributed by atoms with Crippen LogP contribution < -0.4 is 15.8 Å². The van der Waals surface area contributed by atoms with Crippen molar-refractivity contribution in [1.29, 1.82) is 0 Å².